The molecule has 0 radical (unpaired) electrons. The van der Waals surface area contributed by atoms with Gasteiger partial charge in [-0.25, -0.2) is 4.79 Å². The summed E-state index contributed by atoms with van der Waals surface area (Å²) < 4.78 is 42.3. The second kappa shape index (κ2) is 5.20. The zero-order valence-electron chi connectivity index (χ0n) is 9.90. The molecule has 4 nitrogen and oxygen atoms in total. The number of pyridine rings is 1. The molecule has 0 bridgehead atoms. The monoisotopic (exact) mass is 283 g/mol. The van der Waals surface area contributed by atoms with Crippen LogP contribution in [-0.2, 0) is 6.18 Å². The van der Waals surface area contributed by atoms with Crippen LogP contribution in [0, 0.1) is 0 Å². The van der Waals surface area contributed by atoms with E-state index in [-0.39, 0.29) is 11.3 Å². The number of hydrogen-bond donors (Lipinski definition) is 1. The van der Waals surface area contributed by atoms with Crippen molar-refractivity contribution in [2.45, 2.75) is 6.18 Å². The smallest absolute Gasteiger partial charge is 0.416 e. The molecule has 2 rings (SSSR count). The molecule has 20 heavy (non-hydrogen) atoms. The van der Waals surface area contributed by atoms with Crippen molar-refractivity contribution < 1.29 is 22.7 Å². The van der Waals surface area contributed by atoms with Crippen LogP contribution in [0.1, 0.15) is 15.9 Å². The molecule has 0 atom stereocenters. The molecule has 1 heterocycles. The van der Waals surface area contributed by atoms with Crippen molar-refractivity contribution in [1.29, 1.82) is 0 Å². The standard InChI is InChI=1S/C13H8F3NO3/c14-13(15,16)9-4-1-3-8(7-9)12(19)20-10-5-2-6-17-11(10)18/h1-7H,(H,17,18). The van der Waals surface area contributed by atoms with Crippen molar-refractivity contribution in [3.8, 4) is 5.75 Å². The molecule has 0 aliphatic rings. The lowest BCUT2D eigenvalue weighted by molar-refractivity contribution is -0.137. The first-order chi connectivity index (χ1) is 9.38. The Morgan fingerprint density at radius 1 is 1.15 bits per heavy atom. The predicted molar refractivity (Wildman–Crippen MR) is 63.5 cm³/mol. The molecule has 0 aliphatic carbocycles. The average molecular weight is 283 g/mol. The molecule has 0 amide bonds. The molecule has 1 aromatic heterocycles. The van der Waals surface area contributed by atoms with E-state index >= 15 is 0 Å². The number of benzene rings is 1. The van der Waals surface area contributed by atoms with Gasteiger partial charge in [0, 0.05) is 6.20 Å². The van der Waals surface area contributed by atoms with Crippen LogP contribution in [0.2, 0.25) is 0 Å². The number of halogens is 3. The Morgan fingerprint density at radius 2 is 1.90 bits per heavy atom. The number of rotatable bonds is 2. The SMILES string of the molecule is O=C(Oc1ccc[nH]c1=O)c1cccc(C(F)(F)F)c1. The Bertz CT molecular complexity index is 692. The maximum atomic E-state index is 12.5. The summed E-state index contributed by atoms with van der Waals surface area (Å²) in [6, 6.07) is 6.44. The van der Waals surface area contributed by atoms with Gasteiger partial charge in [0.25, 0.3) is 5.56 Å². The van der Waals surface area contributed by atoms with Gasteiger partial charge in [-0.05, 0) is 30.3 Å². The molecule has 1 N–H and O–H groups in total. The number of carbonyl (C=O) groups is 1. The number of aromatic amines is 1. The van der Waals surface area contributed by atoms with Gasteiger partial charge in [0.2, 0.25) is 0 Å². The van der Waals surface area contributed by atoms with Crippen molar-refractivity contribution in [3.05, 3.63) is 64.1 Å². The van der Waals surface area contributed by atoms with Crippen molar-refractivity contribution in [2.24, 2.45) is 0 Å². The van der Waals surface area contributed by atoms with Crippen molar-refractivity contribution in [3.63, 3.8) is 0 Å². The first kappa shape index (κ1) is 13.9. The summed E-state index contributed by atoms with van der Waals surface area (Å²) in [6.07, 6.45) is -3.22. The minimum atomic E-state index is -4.56. The fraction of sp³-hybridized carbons (Fsp3) is 0.0769. The topological polar surface area (TPSA) is 59.2 Å². The van der Waals surface area contributed by atoms with Gasteiger partial charge in [0.1, 0.15) is 0 Å². The highest BCUT2D eigenvalue weighted by atomic mass is 19.4. The maximum absolute atomic E-state index is 12.5. The van der Waals surface area contributed by atoms with Crippen LogP contribution in [0.3, 0.4) is 0 Å². The Kier molecular flexibility index (Phi) is 3.60. The Balaban J connectivity index is 2.27. The van der Waals surface area contributed by atoms with Gasteiger partial charge in [-0.2, -0.15) is 13.2 Å². The zero-order valence-corrected chi connectivity index (χ0v) is 9.90. The third-order valence-corrected chi connectivity index (χ3v) is 2.41. The van der Waals surface area contributed by atoms with Gasteiger partial charge >= 0.3 is 12.1 Å². The number of aromatic nitrogens is 1. The van der Waals surface area contributed by atoms with Crippen LogP contribution in [0.4, 0.5) is 13.2 Å². The van der Waals surface area contributed by atoms with Crippen LogP contribution in [0.25, 0.3) is 0 Å². The molecular formula is C13H8F3NO3. The third-order valence-electron chi connectivity index (χ3n) is 2.41. The summed E-state index contributed by atoms with van der Waals surface area (Å²) in [5.74, 6) is -1.32. The second-order valence-corrected chi connectivity index (χ2v) is 3.83. The van der Waals surface area contributed by atoms with E-state index in [1.165, 1.54) is 24.4 Å². The van der Waals surface area contributed by atoms with E-state index in [9.17, 15) is 22.8 Å². The predicted octanol–water partition coefficient (Wildman–Crippen LogP) is 2.61. The van der Waals surface area contributed by atoms with E-state index in [2.05, 4.69) is 4.98 Å². The highest BCUT2D eigenvalue weighted by Crippen LogP contribution is 2.29. The van der Waals surface area contributed by atoms with E-state index in [0.29, 0.717) is 6.07 Å². The first-order valence-electron chi connectivity index (χ1n) is 5.45. The molecule has 104 valence electrons. The van der Waals surface area contributed by atoms with E-state index in [1.54, 1.807) is 0 Å². The Morgan fingerprint density at radius 3 is 2.55 bits per heavy atom. The van der Waals surface area contributed by atoms with Gasteiger partial charge < -0.3 is 9.72 Å². The molecule has 0 saturated heterocycles. The Labute approximate surface area is 110 Å². The van der Waals surface area contributed by atoms with Crippen LogP contribution >= 0.6 is 0 Å². The summed E-state index contributed by atoms with van der Waals surface area (Å²) in [4.78, 5) is 25.3. The summed E-state index contributed by atoms with van der Waals surface area (Å²) in [5.41, 5.74) is -1.90. The van der Waals surface area contributed by atoms with E-state index in [4.69, 9.17) is 4.74 Å². The number of ether oxygens (including phenoxy) is 1. The zero-order chi connectivity index (χ0) is 14.8. The number of alkyl halides is 3. The fourth-order valence-corrected chi connectivity index (χ4v) is 1.47. The fourth-order valence-electron chi connectivity index (χ4n) is 1.47. The summed E-state index contributed by atoms with van der Waals surface area (Å²) in [6.45, 7) is 0. The minimum Gasteiger partial charge on any atom is -0.417 e. The van der Waals surface area contributed by atoms with Gasteiger partial charge in [-0.3, -0.25) is 4.79 Å². The number of hydrogen-bond acceptors (Lipinski definition) is 3. The second-order valence-electron chi connectivity index (χ2n) is 3.83. The van der Waals surface area contributed by atoms with Crippen molar-refractivity contribution in [1.82, 2.24) is 4.98 Å². The number of carbonyl (C=O) groups excluding carboxylic acids is 1. The summed E-state index contributed by atoms with van der Waals surface area (Å²) in [5, 5.41) is 0. The molecule has 7 heteroatoms. The molecule has 0 saturated carbocycles. The number of nitrogens with one attached hydrogen (secondary N) is 1. The Hall–Kier alpha value is -2.57. The molecule has 1 aromatic carbocycles. The van der Waals surface area contributed by atoms with Crippen molar-refractivity contribution >= 4 is 5.97 Å². The molecule has 0 unspecified atom stereocenters. The molecular weight excluding hydrogens is 275 g/mol. The summed E-state index contributed by atoms with van der Waals surface area (Å²) in [7, 11) is 0. The van der Waals surface area contributed by atoms with E-state index < -0.39 is 23.3 Å². The average Bonchev–Trinajstić information content (AvgIpc) is 2.40. The summed E-state index contributed by atoms with van der Waals surface area (Å²) >= 11 is 0. The lowest BCUT2D eigenvalue weighted by Crippen LogP contribution is -2.16. The molecule has 0 spiro atoms. The molecule has 2 aromatic rings. The van der Waals surface area contributed by atoms with Gasteiger partial charge in [-0.15, -0.1) is 0 Å². The highest BCUT2D eigenvalue weighted by molar-refractivity contribution is 5.91. The van der Waals surface area contributed by atoms with Gasteiger partial charge in [0.15, 0.2) is 5.75 Å². The highest BCUT2D eigenvalue weighted by Gasteiger charge is 2.31. The number of H-pyrrole nitrogens is 1. The lowest BCUT2D eigenvalue weighted by atomic mass is 10.1. The normalized spacial score (nSPS) is 11.2. The quantitative estimate of drug-likeness (QED) is 0.862. The lowest BCUT2D eigenvalue weighted by Gasteiger charge is -2.08. The first-order valence-corrected chi connectivity index (χ1v) is 5.45. The van der Waals surface area contributed by atoms with Crippen molar-refractivity contribution in [2.75, 3.05) is 0 Å². The molecule has 0 aliphatic heterocycles. The van der Waals surface area contributed by atoms with Gasteiger partial charge in [-0.1, -0.05) is 6.07 Å². The largest absolute Gasteiger partial charge is 0.417 e. The van der Waals surface area contributed by atoms with Crippen LogP contribution in [0.15, 0.2) is 47.4 Å². The third kappa shape index (κ3) is 3.05. The van der Waals surface area contributed by atoms with Crippen LogP contribution in [-0.4, -0.2) is 11.0 Å². The van der Waals surface area contributed by atoms with Crippen LogP contribution < -0.4 is 10.3 Å². The molecule has 0 fully saturated rings. The van der Waals surface area contributed by atoms with Crippen LogP contribution in [0.5, 0.6) is 5.75 Å². The number of esters is 1. The maximum Gasteiger partial charge on any atom is 0.416 e. The minimum absolute atomic E-state index is 0.282. The van der Waals surface area contributed by atoms with E-state index in [0.717, 1.165) is 12.1 Å². The van der Waals surface area contributed by atoms with Gasteiger partial charge in [0.05, 0.1) is 11.1 Å². The van der Waals surface area contributed by atoms with E-state index in [1.807, 2.05) is 0 Å².